The van der Waals surface area contributed by atoms with E-state index in [9.17, 15) is 4.79 Å². The second-order valence-corrected chi connectivity index (χ2v) is 6.14. The van der Waals surface area contributed by atoms with Gasteiger partial charge in [0.25, 0.3) is 0 Å². The monoisotopic (exact) mass is 278 g/mol. The molecule has 1 aromatic carbocycles. The van der Waals surface area contributed by atoms with E-state index in [0.717, 1.165) is 17.1 Å². The molecule has 0 spiro atoms. The predicted molar refractivity (Wildman–Crippen MR) is 76.7 cm³/mol. The minimum Gasteiger partial charge on any atom is -0.478 e. The first-order valence-corrected chi connectivity index (χ1v) is 7.53. The fourth-order valence-corrected chi connectivity index (χ4v) is 3.44. The molecule has 0 saturated carbocycles. The number of hydrogen-bond donors (Lipinski definition) is 1. The lowest BCUT2D eigenvalue weighted by atomic mass is 10.2. The number of benzene rings is 1. The lowest BCUT2D eigenvalue weighted by Gasteiger charge is -2.00. The van der Waals surface area contributed by atoms with Crippen molar-refractivity contribution in [1.29, 1.82) is 0 Å². The number of carboxylic acids is 1. The Bertz CT molecular complexity index is 529. The summed E-state index contributed by atoms with van der Waals surface area (Å²) in [5.74, 6) is 0.0641. The number of carboxylic acid groups (broad SMARTS) is 1. The Hall–Kier alpha value is -1.26. The quantitative estimate of drug-likeness (QED) is 0.828. The van der Waals surface area contributed by atoms with E-state index in [-0.39, 0.29) is 0 Å². The molecule has 2 rings (SSSR count). The molecule has 94 valence electrons. The molecule has 1 heterocycles. The van der Waals surface area contributed by atoms with Gasteiger partial charge in [-0.15, -0.1) is 23.1 Å². The summed E-state index contributed by atoms with van der Waals surface area (Å²) in [7, 11) is 0. The van der Waals surface area contributed by atoms with Crippen LogP contribution in [-0.2, 0) is 12.2 Å². The number of aromatic carboxylic acids is 1. The number of hydrogen-bond acceptors (Lipinski definition) is 3. The number of thioether (sulfide) groups is 1. The van der Waals surface area contributed by atoms with Gasteiger partial charge in [0.15, 0.2) is 0 Å². The fourth-order valence-electron chi connectivity index (χ4n) is 1.54. The molecule has 0 aliphatic heterocycles. The summed E-state index contributed by atoms with van der Waals surface area (Å²) >= 11 is 3.58. The maximum atomic E-state index is 10.7. The van der Waals surface area contributed by atoms with E-state index in [1.165, 1.54) is 9.75 Å². The van der Waals surface area contributed by atoms with Crippen LogP contribution in [0.1, 0.15) is 27.0 Å². The third-order valence-electron chi connectivity index (χ3n) is 2.55. The van der Waals surface area contributed by atoms with Crippen molar-refractivity contribution in [2.75, 3.05) is 0 Å². The average Bonchev–Trinajstić information content (AvgIpc) is 2.85. The molecule has 0 saturated heterocycles. The van der Waals surface area contributed by atoms with Crippen molar-refractivity contribution in [1.82, 2.24) is 0 Å². The van der Waals surface area contributed by atoms with Crippen molar-refractivity contribution in [2.45, 2.75) is 24.0 Å². The van der Waals surface area contributed by atoms with Gasteiger partial charge in [-0.25, -0.2) is 4.79 Å². The molecule has 18 heavy (non-hydrogen) atoms. The summed E-state index contributed by atoms with van der Waals surface area (Å²) in [6, 6.07) is 11.4. The van der Waals surface area contributed by atoms with Crippen molar-refractivity contribution in [3.05, 3.63) is 51.7 Å². The molecule has 0 atom stereocenters. The second-order valence-electron chi connectivity index (χ2n) is 3.84. The number of aryl methyl sites for hydroxylation is 1. The van der Waals surface area contributed by atoms with Crippen LogP contribution in [0, 0.1) is 0 Å². The van der Waals surface area contributed by atoms with Crippen molar-refractivity contribution in [3.63, 3.8) is 0 Å². The van der Waals surface area contributed by atoms with Crippen LogP contribution < -0.4 is 0 Å². The van der Waals surface area contributed by atoms with E-state index >= 15 is 0 Å². The zero-order chi connectivity index (χ0) is 13.0. The third kappa shape index (κ3) is 3.37. The van der Waals surface area contributed by atoms with E-state index in [4.69, 9.17) is 5.11 Å². The smallest absolute Gasteiger partial charge is 0.335 e. The molecule has 4 heteroatoms. The lowest BCUT2D eigenvalue weighted by Crippen LogP contribution is -1.94. The van der Waals surface area contributed by atoms with Gasteiger partial charge < -0.3 is 5.11 Å². The van der Waals surface area contributed by atoms with Gasteiger partial charge in [0.2, 0.25) is 0 Å². The van der Waals surface area contributed by atoms with Crippen LogP contribution >= 0.6 is 23.1 Å². The first-order chi connectivity index (χ1) is 8.69. The standard InChI is InChI=1S/C14H14O2S2/c1-2-11-7-8-13(18-11)9-17-12-5-3-10(4-6-12)14(15)16/h3-8H,2,9H2,1H3,(H,15,16). The Balaban J connectivity index is 1.95. The average molecular weight is 278 g/mol. The van der Waals surface area contributed by atoms with Crippen LogP contribution in [0.25, 0.3) is 0 Å². The fraction of sp³-hybridized carbons (Fsp3) is 0.214. The molecule has 0 aliphatic carbocycles. The molecular formula is C14H14O2S2. The van der Waals surface area contributed by atoms with E-state index in [1.807, 2.05) is 23.5 Å². The molecule has 0 fully saturated rings. The van der Waals surface area contributed by atoms with Gasteiger partial charge >= 0.3 is 5.97 Å². The van der Waals surface area contributed by atoms with Crippen molar-refractivity contribution in [3.8, 4) is 0 Å². The van der Waals surface area contributed by atoms with Crippen LogP contribution in [0.2, 0.25) is 0 Å². The van der Waals surface area contributed by atoms with Crippen molar-refractivity contribution >= 4 is 29.1 Å². The molecule has 0 amide bonds. The highest BCUT2D eigenvalue weighted by Crippen LogP contribution is 2.27. The summed E-state index contributed by atoms with van der Waals surface area (Å²) < 4.78 is 0. The summed E-state index contributed by atoms with van der Waals surface area (Å²) in [5, 5.41) is 8.81. The van der Waals surface area contributed by atoms with E-state index in [1.54, 1.807) is 23.9 Å². The second kappa shape index (κ2) is 6.07. The number of carbonyl (C=O) groups is 1. The van der Waals surface area contributed by atoms with Crippen LogP contribution in [-0.4, -0.2) is 11.1 Å². The number of thiophene rings is 1. The first kappa shape index (κ1) is 13.2. The Labute approximate surface area is 115 Å². The van der Waals surface area contributed by atoms with E-state index in [0.29, 0.717) is 5.56 Å². The van der Waals surface area contributed by atoms with Crippen molar-refractivity contribution in [2.24, 2.45) is 0 Å². The summed E-state index contributed by atoms with van der Waals surface area (Å²) in [4.78, 5) is 14.6. The normalized spacial score (nSPS) is 10.5. The van der Waals surface area contributed by atoms with Gasteiger partial charge in [-0.3, -0.25) is 0 Å². The maximum Gasteiger partial charge on any atom is 0.335 e. The van der Waals surface area contributed by atoms with Gasteiger partial charge in [0.05, 0.1) is 5.56 Å². The highest BCUT2D eigenvalue weighted by Gasteiger charge is 2.03. The van der Waals surface area contributed by atoms with Crippen molar-refractivity contribution < 1.29 is 9.90 Å². The Kier molecular flexibility index (Phi) is 4.44. The van der Waals surface area contributed by atoms with Gasteiger partial charge in [-0.1, -0.05) is 6.92 Å². The third-order valence-corrected chi connectivity index (χ3v) is 5.02. The molecule has 1 aromatic heterocycles. The largest absolute Gasteiger partial charge is 0.478 e. The van der Waals surface area contributed by atoms with E-state index in [2.05, 4.69) is 19.1 Å². The molecule has 0 aliphatic rings. The van der Waals surface area contributed by atoms with Crippen LogP contribution in [0.15, 0.2) is 41.3 Å². The highest BCUT2D eigenvalue weighted by molar-refractivity contribution is 7.98. The predicted octanol–water partition coefficient (Wildman–Crippen LogP) is 4.30. The van der Waals surface area contributed by atoms with Crippen LogP contribution in [0.5, 0.6) is 0 Å². The van der Waals surface area contributed by atoms with Gasteiger partial charge in [-0.05, 0) is 42.8 Å². The zero-order valence-electron chi connectivity index (χ0n) is 10.1. The molecule has 0 bridgehead atoms. The summed E-state index contributed by atoms with van der Waals surface area (Å²) in [6.45, 7) is 2.16. The topological polar surface area (TPSA) is 37.3 Å². The van der Waals surface area contributed by atoms with Gasteiger partial charge in [0, 0.05) is 20.4 Å². The molecule has 2 nitrogen and oxygen atoms in total. The maximum absolute atomic E-state index is 10.7. The minimum atomic E-state index is -0.877. The molecule has 1 N–H and O–H groups in total. The summed E-state index contributed by atoms with van der Waals surface area (Å²) in [5.41, 5.74) is 0.337. The summed E-state index contributed by atoms with van der Waals surface area (Å²) in [6.07, 6.45) is 1.09. The Morgan fingerprint density at radius 1 is 1.17 bits per heavy atom. The minimum absolute atomic E-state index is 0.337. The van der Waals surface area contributed by atoms with Crippen LogP contribution in [0.3, 0.4) is 0 Å². The van der Waals surface area contributed by atoms with E-state index < -0.39 is 5.97 Å². The zero-order valence-corrected chi connectivity index (χ0v) is 11.7. The Morgan fingerprint density at radius 2 is 1.83 bits per heavy atom. The molecule has 0 radical (unpaired) electrons. The molecule has 2 aromatic rings. The van der Waals surface area contributed by atoms with Gasteiger partial charge in [-0.2, -0.15) is 0 Å². The Morgan fingerprint density at radius 3 is 2.39 bits per heavy atom. The highest BCUT2D eigenvalue weighted by atomic mass is 32.2. The lowest BCUT2D eigenvalue weighted by molar-refractivity contribution is 0.0697. The van der Waals surface area contributed by atoms with Crippen LogP contribution in [0.4, 0.5) is 0 Å². The number of rotatable bonds is 5. The SMILES string of the molecule is CCc1ccc(CSc2ccc(C(=O)O)cc2)s1. The first-order valence-electron chi connectivity index (χ1n) is 5.73. The molecular weight excluding hydrogens is 264 g/mol. The molecule has 0 unspecified atom stereocenters. The van der Waals surface area contributed by atoms with Gasteiger partial charge in [0.1, 0.15) is 0 Å².